The van der Waals surface area contributed by atoms with Crippen LogP contribution in [-0.4, -0.2) is 25.3 Å². The molecule has 0 spiro atoms. The second-order valence-corrected chi connectivity index (χ2v) is 4.48. The Hall–Kier alpha value is -2.69. The number of aromatic amines is 1. The number of benzene rings is 1. The van der Waals surface area contributed by atoms with Crippen LogP contribution in [0.1, 0.15) is 12.5 Å². The first kappa shape index (κ1) is 12.3. The van der Waals surface area contributed by atoms with E-state index in [9.17, 15) is 5.11 Å². The van der Waals surface area contributed by atoms with Gasteiger partial charge in [0, 0.05) is 23.5 Å². The molecule has 0 aliphatic carbocycles. The number of nitrogens with zero attached hydrogens (tertiary/aromatic N) is 3. The highest BCUT2D eigenvalue weighted by atomic mass is 16.3. The van der Waals surface area contributed by atoms with E-state index in [0.29, 0.717) is 0 Å². The zero-order valence-corrected chi connectivity index (χ0v) is 11.0. The van der Waals surface area contributed by atoms with Gasteiger partial charge in [0.1, 0.15) is 17.8 Å². The molecule has 0 aliphatic heterocycles. The Kier molecular flexibility index (Phi) is 3.16. The van der Waals surface area contributed by atoms with Gasteiger partial charge in [0.05, 0.1) is 5.69 Å². The molecule has 0 saturated carbocycles. The molecule has 3 rings (SSSR count). The minimum Gasteiger partial charge on any atom is -0.508 e. The van der Waals surface area contributed by atoms with Crippen LogP contribution in [0.3, 0.4) is 0 Å². The van der Waals surface area contributed by atoms with E-state index in [0.717, 1.165) is 34.5 Å². The zero-order chi connectivity index (χ0) is 13.9. The van der Waals surface area contributed by atoms with Crippen molar-refractivity contribution in [2.75, 3.05) is 0 Å². The van der Waals surface area contributed by atoms with Crippen LogP contribution in [-0.2, 0) is 6.42 Å². The van der Waals surface area contributed by atoms with Gasteiger partial charge < -0.3 is 5.11 Å². The molecule has 0 amide bonds. The fraction of sp³-hybridized carbons (Fsp3) is 0.133. The molecular formula is C15H14N4O. The second kappa shape index (κ2) is 5.13. The van der Waals surface area contributed by atoms with E-state index in [1.54, 1.807) is 24.5 Å². The fourth-order valence-electron chi connectivity index (χ4n) is 2.17. The number of aryl methyl sites for hydroxylation is 1. The lowest BCUT2D eigenvalue weighted by atomic mass is 10.0. The third kappa shape index (κ3) is 2.25. The van der Waals surface area contributed by atoms with Crippen molar-refractivity contribution in [3.63, 3.8) is 0 Å². The molecule has 0 unspecified atom stereocenters. The van der Waals surface area contributed by atoms with Gasteiger partial charge >= 0.3 is 0 Å². The van der Waals surface area contributed by atoms with Crippen molar-refractivity contribution >= 4 is 0 Å². The number of aromatic nitrogens is 4. The molecule has 2 N–H and O–H groups in total. The van der Waals surface area contributed by atoms with Gasteiger partial charge in [0.15, 0.2) is 0 Å². The lowest BCUT2D eigenvalue weighted by Crippen LogP contribution is -1.88. The van der Waals surface area contributed by atoms with E-state index in [2.05, 4.69) is 27.1 Å². The van der Waals surface area contributed by atoms with E-state index in [4.69, 9.17) is 0 Å². The Bertz CT molecular complexity index is 722. The molecule has 0 atom stereocenters. The van der Waals surface area contributed by atoms with Crippen LogP contribution in [0, 0.1) is 0 Å². The normalized spacial score (nSPS) is 10.7. The van der Waals surface area contributed by atoms with Crippen molar-refractivity contribution in [1.29, 1.82) is 0 Å². The first-order valence-electron chi connectivity index (χ1n) is 6.41. The predicted molar refractivity (Wildman–Crippen MR) is 76.1 cm³/mol. The van der Waals surface area contributed by atoms with Crippen LogP contribution < -0.4 is 0 Å². The van der Waals surface area contributed by atoms with Crippen LogP contribution in [0.4, 0.5) is 0 Å². The molecule has 20 heavy (non-hydrogen) atoms. The van der Waals surface area contributed by atoms with Crippen molar-refractivity contribution in [3.8, 4) is 28.3 Å². The van der Waals surface area contributed by atoms with Gasteiger partial charge in [-0.25, -0.2) is 9.97 Å². The Morgan fingerprint density at radius 2 is 2.15 bits per heavy atom. The number of rotatable bonds is 3. The topological polar surface area (TPSA) is 74.7 Å². The molecular weight excluding hydrogens is 252 g/mol. The summed E-state index contributed by atoms with van der Waals surface area (Å²) in [5.41, 5.74) is 4.40. The van der Waals surface area contributed by atoms with E-state index in [-0.39, 0.29) is 5.75 Å². The number of nitrogens with one attached hydrogen (secondary N) is 1. The Balaban J connectivity index is 2.13. The number of aromatic hydroxyl groups is 1. The Labute approximate surface area is 116 Å². The second-order valence-electron chi connectivity index (χ2n) is 4.48. The van der Waals surface area contributed by atoms with Crippen molar-refractivity contribution in [2.24, 2.45) is 0 Å². The number of H-pyrrole nitrogens is 1. The molecule has 0 aliphatic rings. The minimum absolute atomic E-state index is 0.246. The smallest absolute Gasteiger partial charge is 0.116 e. The van der Waals surface area contributed by atoms with Crippen molar-refractivity contribution in [3.05, 3.63) is 48.5 Å². The van der Waals surface area contributed by atoms with Gasteiger partial charge in [-0.15, -0.1) is 0 Å². The molecule has 100 valence electrons. The molecule has 2 aromatic heterocycles. The van der Waals surface area contributed by atoms with E-state index < -0.39 is 0 Å². The highest BCUT2D eigenvalue weighted by Gasteiger charge is 2.12. The number of phenols is 1. The average Bonchev–Trinajstić information content (AvgIpc) is 2.97. The van der Waals surface area contributed by atoms with Gasteiger partial charge in [0.25, 0.3) is 0 Å². The molecule has 1 aromatic carbocycles. The standard InChI is InChI=1S/C15H14N4O/c1-2-10-5-11(7-12(20)6-10)15-13(8-18-19-15)14-3-4-16-9-17-14/h3-9,20H,2H2,1H3,(H,18,19). The van der Waals surface area contributed by atoms with Crippen LogP contribution >= 0.6 is 0 Å². The molecule has 0 saturated heterocycles. The molecule has 5 heteroatoms. The third-order valence-electron chi connectivity index (χ3n) is 3.16. The molecule has 0 radical (unpaired) electrons. The monoisotopic (exact) mass is 266 g/mol. The van der Waals surface area contributed by atoms with Crippen molar-refractivity contribution in [2.45, 2.75) is 13.3 Å². The first-order chi connectivity index (χ1) is 9.78. The summed E-state index contributed by atoms with van der Waals surface area (Å²) in [7, 11) is 0. The number of hydrogen-bond acceptors (Lipinski definition) is 4. The molecule has 5 nitrogen and oxygen atoms in total. The van der Waals surface area contributed by atoms with Gasteiger partial charge in [-0.05, 0) is 36.2 Å². The van der Waals surface area contributed by atoms with E-state index >= 15 is 0 Å². The predicted octanol–water partition coefficient (Wildman–Crippen LogP) is 2.80. The summed E-state index contributed by atoms with van der Waals surface area (Å²) < 4.78 is 0. The van der Waals surface area contributed by atoms with Crippen LogP contribution in [0.25, 0.3) is 22.5 Å². The number of phenolic OH excluding ortho intramolecular Hbond substituents is 1. The number of hydrogen-bond donors (Lipinski definition) is 2. The lowest BCUT2D eigenvalue weighted by Gasteiger charge is -2.05. The quantitative estimate of drug-likeness (QED) is 0.764. The van der Waals surface area contributed by atoms with E-state index in [1.165, 1.54) is 6.33 Å². The van der Waals surface area contributed by atoms with Gasteiger partial charge in [-0.3, -0.25) is 5.10 Å². The molecule has 2 heterocycles. The minimum atomic E-state index is 0.246. The fourth-order valence-corrected chi connectivity index (χ4v) is 2.17. The summed E-state index contributed by atoms with van der Waals surface area (Å²) in [6.45, 7) is 2.05. The maximum atomic E-state index is 9.82. The largest absolute Gasteiger partial charge is 0.508 e. The summed E-state index contributed by atoms with van der Waals surface area (Å²) in [4.78, 5) is 8.16. The average molecular weight is 266 g/mol. The first-order valence-corrected chi connectivity index (χ1v) is 6.41. The van der Waals surface area contributed by atoms with Crippen molar-refractivity contribution < 1.29 is 5.11 Å². The molecule has 0 fully saturated rings. The van der Waals surface area contributed by atoms with Crippen molar-refractivity contribution in [1.82, 2.24) is 20.2 Å². The van der Waals surface area contributed by atoms with Crippen LogP contribution in [0.5, 0.6) is 5.75 Å². The van der Waals surface area contributed by atoms with Gasteiger partial charge in [-0.1, -0.05) is 6.92 Å². The Morgan fingerprint density at radius 1 is 1.25 bits per heavy atom. The zero-order valence-electron chi connectivity index (χ0n) is 11.0. The van der Waals surface area contributed by atoms with Crippen LogP contribution in [0.15, 0.2) is 43.0 Å². The van der Waals surface area contributed by atoms with Crippen LogP contribution in [0.2, 0.25) is 0 Å². The summed E-state index contributed by atoms with van der Waals surface area (Å²) >= 11 is 0. The van der Waals surface area contributed by atoms with E-state index in [1.807, 2.05) is 12.1 Å². The van der Waals surface area contributed by atoms with Gasteiger partial charge in [0.2, 0.25) is 0 Å². The highest BCUT2D eigenvalue weighted by Crippen LogP contribution is 2.31. The summed E-state index contributed by atoms with van der Waals surface area (Å²) in [5, 5.41) is 17.0. The Morgan fingerprint density at radius 3 is 2.90 bits per heavy atom. The molecule has 3 aromatic rings. The summed E-state index contributed by atoms with van der Waals surface area (Å²) in [5.74, 6) is 0.246. The van der Waals surface area contributed by atoms with Gasteiger partial charge in [-0.2, -0.15) is 5.10 Å². The maximum Gasteiger partial charge on any atom is 0.116 e. The lowest BCUT2D eigenvalue weighted by molar-refractivity contribution is 0.475. The molecule has 0 bridgehead atoms. The SMILES string of the molecule is CCc1cc(O)cc(-c2n[nH]cc2-c2ccncn2)c1. The summed E-state index contributed by atoms with van der Waals surface area (Å²) in [6.07, 6.45) is 5.85. The highest BCUT2D eigenvalue weighted by molar-refractivity contribution is 5.79. The maximum absolute atomic E-state index is 9.82. The third-order valence-corrected chi connectivity index (χ3v) is 3.16. The summed E-state index contributed by atoms with van der Waals surface area (Å²) in [6, 6.07) is 7.33.